The molecule has 2 N–H and O–H groups in total. The highest BCUT2D eigenvalue weighted by atomic mass is 32.2. The second kappa shape index (κ2) is 6.37. The zero-order chi connectivity index (χ0) is 19.5. The number of carbonyl (C=O) groups excluding carboxylic acids is 1. The monoisotopic (exact) mass is 399 g/mol. The molecular formula is C20H21N3O4S. The lowest BCUT2D eigenvalue weighted by atomic mass is 9.88. The lowest BCUT2D eigenvalue weighted by Gasteiger charge is -2.28. The highest BCUT2D eigenvalue weighted by molar-refractivity contribution is 7.89. The van der Waals surface area contributed by atoms with Crippen molar-refractivity contribution in [3.05, 3.63) is 54.2 Å². The summed E-state index contributed by atoms with van der Waals surface area (Å²) in [6.07, 6.45) is 2.86. The van der Waals surface area contributed by atoms with E-state index in [2.05, 4.69) is 10.3 Å². The van der Waals surface area contributed by atoms with Crippen LogP contribution in [0.1, 0.15) is 23.2 Å². The maximum atomic E-state index is 13.2. The molecule has 1 aliphatic heterocycles. The van der Waals surface area contributed by atoms with Gasteiger partial charge in [0.05, 0.1) is 17.0 Å². The molecule has 5 unspecified atom stereocenters. The van der Waals surface area contributed by atoms with Crippen LogP contribution in [0, 0.1) is 17.8 Å². The molecule has 3 fully saturated rings. The summed E-state index contributed by atoms with van der Waals surface area (Å²) in [5.41, 5.74) is 0.354. The molecule has 2 heterocycles. The number of aliphatic hydroxyl groups excluding tert-OH is 1. The Kier molecular flexibility index (Phi) is 4.04. The van der Waals surface area contributed by atoms with Gasteiger partial charge in [0.15, 0.2) is 0 Å². The maximum Gasteiger partial charge on any atom is 0.256 e. The summed E-state index contributed by atoms with van der Waals surface area (Å²) >= 11 is 0. The molecule has 7 nitrogen and oxygen atoms in total. The van der Waals surface area contributed by atoms with Gasteiger partial charge in [-0.15, -0.1) is 0 Å². The highest BCUT2D eigenvalue weighted by Crippen LogP contribution is 2.56. The number of nitrogens with one attached hydrogen (secondary N) is 1. The molecule has 5 atom stereocenters. The minimum atomic E-state index is -3.70. The number of pyridine rings is 1. The molecule has 2 saturated carbocycles. The molecule has 146 valence electrons. The molecule has 2 aliphatic carbocycles. The Morgan fingerprint density at radius 3 is 2.57 bits per heavy atom. The van der Waals surface area contributed by atoms with Crippen molar-refractivity contribution in [2.45, 2.75) is 29.9 Å². The van der Waals surface area contributed by atoms with E-state index in [-0.39, 0.29) is 28.7 Å². The average Bonchev–Trinajstić information content (AvgIpc) is 3.32. The van der Waals surface area contributed by atoms with E-state index in [9.17, 15) is 18.3 Å². The lowest BCUT2D eigenvalue weighted by Crippen LogP contribution is -2.43. The first-order chi connectivity index (χ1) is 13.4. The Hall–Kier alpha value is -2.29. The van der Waals surface area contributed by atoms with Gasteiger partial charge in [-0.3, -0.25) is 4.79 Å². The minimum Gasteiger partial charge on any atom is -0.391 e. The van der Waals surface area contributed by atoms with Gasteiger partial charge in [0.2, 0.25) is 10.0 Å². The fourth-order valence-electron chi connectivity index (χ4n) is 5.18. The third-order valence-corrected chi connectivity index (χ3v) is 8.31. The maximum absolute atomic E-state index is 13.2. The van der Waals surface area contributed by atoms with Gasteiger partial charge in [-0.05, 0) is 67.0 Å². The zero-order valence-corrected chi connectivity index (χ0v) is 15.9. The van der Waals surface area contributed by atoms with E-state index < -0.39 is 16.1 Å². The van der Waals surface area contributed by atoms with Crippen LogP contribution in [0.3, 0.4) is 0 Å². The van der Waals surface area contributed by atoms with Crippen molar-refractivity contribution in [1.82, 2.24) is 9.29 Å². The van der Waals surface area contributed by atoms with Crippen LogP contribution in [0.15, 0.2) is 53.6 Å². The van der Waals surface area contributed by atoms with Gasteiger partial charge in [0.25, 0.3) is 5.91 Å². The standard InChI is InChI=1S/C20H21N3O4S/c24-19-13-9-14-11-23(18(19)16(14)10-13)28(26,27)15-6-4-12(5-7-15)20(25)22-17-3-1-2-8-21-17/h1-8,13-14,16,18-19,24H,9-11H2,(H,21,22,25). The number of fused-ring (bicyclic) bond motifs is 1. The Morgan fingerprint density at radius 1 is 1.11 bits per heavy atom. The number of benzene rings is 1. The number of sulfonamides is 1. The third kappa shape index (κ3) is 2.67. The number of aromatic nitrogens is 1. The third-order valence-electron chi connectivity index (χ3n) is 6.43. The first-order valence-corrected chi connectivity index (χ1v) is 10.9. The van der Waals surface area contributed by atoms with Crippen LogP contribution >= 0.6 is 0 Å². The van der Waals surface area contributed by atoms with Crippen LogP contribution in [0.25, 0.3) is 0 Å². The Balaban J connectivity index is 1.36. The SMILES string of the molecule is O=C(Nc1ccccn1)c1ccc(S(=O)(=O)N2CC3CC4CC3C2C4O)cc1. The molecule has 2 bridgehead atoms. The molecule has 1 saturated heterocycles. The minimum absolute atomic E-state index is 0.152. The quantitative estimate of drug-likeness (QED) is 0.816. The fraction of sp³-hybridized carbons (Fsp3) is 0.400. The first-order valence-electron chi connectivity index (χ1n) is 9.47. The fourth-order valence-corrected chi connectivity index (χ4v) is 6.92. The molecule has 0 spiro atoms. The molecule has 1 aromatic carbocycles. The van der Waals surface area contributed by atoms with Crippen molar-refractivity contribution in [1.29, 1.82) is 0 Å². The molecular weight excluding hydrogens is 378 g/mol. The predicted octanol–water partition coefficient (Wildman–Crippen LogP) is 1.72. The van der Waals surface area contributed by atoms with Crippen LogP contribution in [-0.4, -0.2) is 47.4 Å². The normalized spacial score (nSPS) is 31.2. The van der Waals surface area contributed by atoms with Crippen LogP contribution in [0.2, 0.25) is 0 Å². The number of aliphatic hydroxyl groups is 1. The Morgan fingerprint density at radius 2 is 1.89 bits per heavy atom. The number of carbonyl (C=O) groups is 1. The lowest BCUT2D eigenvalue weighted by molar-refractivity contribution is 0.0731. The Labute approximate surface area is 163 Å². The number of rotatable bonds is 4. The summed E-state index contributed by atoms with van der Waals surface area (Å²) < 4.78 is 27.8. The predicted molar refractivity (Wildman–Crippen MR) is 102 cm³/mol. The van der Waals surface area contributed by atoms with Crippen molar-refractivity contribution in [2.75, 3.05) is 11.9 Å². The summed E-state index contributed by atoms with van der Waals surface area (Å²) in [6, 6.07) is 10.8. The zero-order valence-electron chi connectivity index (χ0n) is 15.1. The number of hydrogen-bond donors (Lipinski definition) is 2. The molecule has 8 heteroatoms. The highest BCUT2D eigenvalue weighted by Gasteiger charge is 2.61. The van der Waals surface area contributed by atoms with E-state index in [1.165, 1.54) is 28.6 Å². The average molecular weight is 399 g/mol. The number of amides is 1. The second-order valence-electron chi connectivity index (χ2n) is 7.90. The van der Waals surface area contributed by atoms with E-state index >= 15 is 0 Å². The van der Waals surface area contributed by atoms with Crippen molar-refractivity contribution in [3.8, 4) is 0 Å². The van der Waals surface area contributed by atoms with E-state index in [0.717, 1.165) is 12.8 Å². The van der Waals surface area contributed by atoms with E-state index in [0.29, 0.717) is 23.8 Å². The van der Waals surface area contributed by atoms with Gasteiger partial charge < -0.3 is 10.4 Å². The number of nitrogens with zero attached hydrogens (tertiary/aromatic N) is 2. The molecule has 3 aliphatic rings. The summed E-state index contributed by atoms with van der Waals surface area (Å²) in [7, 11) is -3.70. The van der Waals surface area contributed by atoms with Crippen LogP contribution < -0.4 is 5.32 Å². The molecule has 0 radical (unpaired) electrons. The Bertz CT molecular complexity index is 1010. The van der Waals surface area contributed by atoms with Crippen molar-refractivity contribution < 1.29 is 18.3 Å². The first kappa shape index (κ1) is 17.8. The molecule has 2 aromatic rings. The van der Waals surface area contributed by atoms with Gasteiger partial charge in [-0.1, -0.05) is 6.07 Å². The van der Waals surface area contributed by atoms with Gasteiger partial charge in [0.1, 0.15) is 5.82 Å². The van der Waals surface area contributed by atoms with Gasteiger partial charge in [-0.25, -0.2) is 13.4 Å². The summed E-state index contributed by atoms with van der Waals surface area (Å²) in [5.74, 6) is 0.949. The summed E-state index contributed by atoms with van der Waals surface area (Å²) in [4.78, 5) is 16.5. The van der Waals surface area contributed by atoms with E-state index in [4.69, 9.17) is 0 Å². The molecule has 5 rings (SSSR count). The van der Waals surface area contributed by atoms with Crippen LogP contribution in [0.5, 0.6) is 0 Å². The smallest absolute Gasteiger partial charge is 0.256 e. The van der Waals surface area contributed by atoms with Crippen molar-refractivity contribution in [2.24, 2.45) is 17.8 Å². The van der Waals surface area contributed by atoms with Crippen LogP contribution in [0.4, 0.5) is 5.82 Å². The largest absolute Gasteiger partial charge is 0.391 e. The summed E-state index contributed by atoms with van der Waals surface area (Å²) in [5, 5.41) is 13.2. The van der Waals surface area contributed by atoms with E-state index in [1.807, 2.05) is 0 Å². The van der Waals surface area contributed by atoms with Gasteiger partial charge >= 0.3 is 0 Å². The van der Waals surface area contributed by atoms with Crippen LogP contribution in [-0.2, 0) is 10.0 Å². The van der Waals surface area contributed by atoms with Crippen molar-refractivity contribution in [3.63, 3.8) is 0 Å². The number of hydrogen-bond acceptors (Lipinski definition) is 5. The number of anilines is 1. The van der Waals surface area contributed by atoms with Gasteiger partial charge in [-0.2, -0.15) is 4.31 Å². The molecule has 1 aromatic heterocycles. The molecule has 28 heavy (non-hydrogen) atoms. The van der Waals surface area contributed by atoms with Crippen molar-refractivity contribution >= 4 is 21.7 Å². The molecule has 1 amide bonds. The second-order valence-corrected chi connectivity index (χ2v) is 9.80. The summed E-state index contributed by atoms with van der Waals surface area (Å²) in [6.45, 7) is 0.479. The van der Waals surface area contributed by atoms with E-state index in [1.54, 1.807) is 24.4 Å². The topological polar surface area (TPSA) is 99.6 Å². The van der Waals surface area contributed by atoms with Gasteiger partial charge in [0, 0.05) is 18.3 Å².